The third-order valence-electron chi connectivity index (χ3n) is 5.67. The van der Waals surface area contributed by atoms with Gasteiger partial charge in [-0.25, -0.2) is 9.38 Å². The summed E-state index contributed by atoms with van der Waals surface area (Å²) in [6.07, 6.45) is 0. The molecule has 0 unspecified atom stereocenters. The lowest BCUT2D eigenvalue weighted by molar-refractivity contribution is 0.324. The summed E-state index contributed by atoms with van der Waals surface area (Å²) >= 11 is 1.31. The minimum Gasteiger partial charge on any atom is -0.493 e. The van der Waals surface area contributed by atoms with E-state index in [1.165, 1.54) is 23.5 Å². The van der Waals surface area contributed by atoms with Crippen LogP contribution in [0, 0.1) is 5.82 Å². The number of ether oxygens (including phenoxy) is 4. The molecule has 0 bridgehead atoms. The van der Waals surface area contributed by atoms with Gasteiger partial charge in [-0.1, -0.05) is 23.5 Å². The van der Waals surface area contributed by atoms with Crippen LogP contribution in [0.4, 0.5) is 20.9 Å². The van der Waals surface area contributed by atoms with Crippen molar-refractivity contribution in [2.24, 2.45) is 4.99 Å². The standard InChI is InChI=1S/C28H25FN4O5S/c1-5-37-21-8-6-7-16-13-20(26(38-24(16)21)30-18-11-9-17(29)10-12-18)27-32-33-28(39-27)31-19-14-22(34-2)25(36-4)23(15-19)35-3/h6-15H,5H2,1-4H3,(H,31,33). The second-order valence-electron chi connectivity index (χ2n) is 8.11. The Hall–Kier alpha value is -4.64. The molecular weight excluding hydrogens is 523 g/mol. The number of para-hydroxylation sites is 1. The van der Waals surface area contributed by atoms with Crippen LogP contribution < -0.4 is 29.8 Å². The molecule has 2 heterocycles. The normalized spacial score (nSPS) is 11.5. The molecule has 39 heavy (non-hydrogen) atoms. The highest BCUT2D eigenvalue weighted by Gasteiger charge is 2.17. The predicted octanol–water partition coefficient (Wildman–Crippen LogP) is 6.49. The zero-order valence-corrected chi connectivity index (χ0v) is 22.5. The number of rotatable bonds is 9. The fraction of sp³-hybridized carbons (Fsp3) is 0.179. The molecule has 1 N–H and O–H groups in total. The fourth-order valence-corrected chi connectivity index (χ4v) is 4.69. The molecule has 0 saturated carbocycles. The van der Waals surface area contributed by atoms with E-state index in [0.29, 0.717) is 62.3 Å². The van der Waals surface area contributed by atoms with Crippen molar-refractivity contribution < 1.29 is 27.8 Å². The molecule has 200 valence electrons. The van der Waals surface area contributed by atoms with Crippen LogP contribution in [0.25, 0.3) is 21.5 Å². The van der Waals surface area contributed by atoms with Gasteiger partial charge in [-0.05, 0) is 43.3 Å². The van der Waals surface area contributed by atoms with Gasteiger partial charge in [0, 0.05) is 23.2 Å². The van der Waals surface area contributed by atoms with Gasteiger partial charge in [0.2, 0.25) is 16.4 Å². The Balaban J connectivity index is 1.59. The van der Waals surface area contributed by atoms with Gasteiger partial charge >= 0.3 is 0 Å². The first-order valence-electron chi connectivity index (χ1n) is 11.9. The van der Waals surface area contributed by atoms with Crippen molar-refractivity contribution in [2.75, 3.05) is 33.3 Å². The van der Waals surface area contributed by atoms with Crippen LogP contribution in [0.2, 0.25) is 0 Å². The van der Waals surface area contributed by atoms with Crippen LogP contribution in [0.5, 0.6) is 23.0 Å². The van der Waals surface area contributed by atoms with Gasteiger partial charge in [-0.15, -0.1) is 10.2 Å². The number of anilines is 2. The maximum absolute atomic E-state index is 13.5. The minimum absolute atomic E-state index is 0.289. The Morgan fingerprint density at radius 3 is 2.33 bits per heavy atom. The molecular formula is C28H25FN4O5S. The maximum Gasteiger partial charge on any atom is 0.230 e. The Labute approximate surface area is 227 Å². The molecule has 11 heteroatoms. The molecule has 0 radical (unpaired) electrons. The molecule has 0 aliphatic carbocycles. The predicted molar refractivity (Wildman–Crippen MR) is 147 cm³/mol. The average molecular weight is 549 g/mol. The van der Waals surface area contributed by atoms with Crippen molar-refractivity contribution in [3.05, 3.63) is 72.0 Å². The number of nitrogens with zero attached hydrogens (tertiary/aromatic N) is 3. The highest BCUT2D eigenvalue weighted by Crippen LogP contribution is 2.41. The number of hydrogen-bond acceptors (Lipinski definition) is 10. The van der Waals surface area contributed by atoms with E-state index in [2.05, 4.69) is 20.5 Å². The summed E-state index contributed by atoms with van der Waals surface area (Å²) < 4.78 is 41.8. The molecule has 3 aromatic carbocycles. The highest BCUT2D eigenvalue weighted by molar-refractivity contribution is 7.18. The summed E-state index contributed by atoms with van der Waals surface area (Å²) in [6, 6.07) is 17.0. The minimum atomic E-state index is -0.352. The number of methoxy groups -OCH3 is 3. The van der Waals surface area contributed by atoms with E-state index in [1.54, 1.807) is 45.6 Å². The number of nitrogens with one attached hydrogen (secondary N) is 1. The van der Waals surface area contributed by atoms with Crippen LogP contribution in [-0.4, -0.2) is 38.1 Å². The van der Waals surface area contributed by atoms with Crippen LogP contribution >= 0.6 is 11.3 Å². The summed E-state index contributed by atoms with van der Waals surface area (Å²) in [5.74, 6) is 1.74. The van der Waals surface area contributed by atoms with E-state index < -0.39 is 0 Å². The number of fused-ring (bicyclic) bond motifs is 1. The maximum atomic E-state index is 13.5. The molecule has 5 aromatic rings. The summed E-state index contributed by atoms with van der Waals surface area (Å²) in [4.78, 5) is 4.65. The molecule has 0 fully saturated rings. The van der Waals surface area contributed by atoms with Gasteiger partial charge < -0.3 is 28.7 Å². The molecule has 5 rings (SSSR count). The molecule has 0 spiro atoms. The van der Waals surface area contributed by atoms with E-state index in [-0.39, 0.29) is 11.4 Å². The molecule has 0 aliphatic heterocycles. The summed E-state index contributed by atoms with van der Waals surface area (Å²) in [6.45, 7) is 2.38. The summed E-state index contributed by atoms with van der Waals surface area (Å²) in [5.41, 5.74) is 2.65. The number of aromatic nitrogens is 2. The molecule has 9 nitrogen and oxygen atoms in total. The SMILES string of the molecule is CCOc1cccc2cc(-c3nnc(Nc4cc(OC)c(OC)c(OC)c4)s3)c(=Nc3ccc(F)cc3)oc12. The van der Waals surface area contributed by atoms with E-state index in [9.17, 15) is 4.39 Å². The van der Waals surface area contributed by atoms with E-state index >= 15 is 0 Å². The highest BCUT2D eigenvalue weighted by atomic mass is 32.1. The van der Waals surface area contributed by atoms with Crippen molar-refractivity contribution in [1.29, 1.82) is 0 Å². The molecule has 0 aliphatic rings. The van der Waals surface area contributed by atoms with E-state index in [1.807, 2.05) is 31.2 Å². The van der Waals surface area contributed by atoms with Gasteiger partial charge in [0.05, 0.1) is 39.2 Å². The number of hydrogen-bond donors (Lipinski definition) is 1. The monoisotopic (exact) mass is 548 g/mol. The third-order valence-corrected chi connectivity index (χ3v) is 6.54. The fourth-order valence-electron chi connectivity index (χ4n) is 3.92. The molecule has 2 aromatic heterocycles. The third kappa shape index (κ3) is 5.48. The van der Waals surface area contributed by atoms with Crippen molar-refractivity contribution in [3.8, 4) is 33.6 Å². The molecule has 0 atom stereocenters. The summed E-state index contributed by atoms with van der Waals surface area (Å²) in [7, 11) is 4.65. The quantitative estimate of drug-likeness (QED) is 0.223. The Kier molecular flexibility index (Phi) is 7.60. The second-order valence-corrected chi connectivity index (χ2v) is 9.09. The Morgan fingerprint density at radius 2 is 1.67 bits per heavy atom. The average Bonchev–Trinajstić information content (AvgIpc) is 3.42. The summed E-state index contributed by atoms with van der Waals surface area (Å²) in [5, 5.41) is 13.8. The lowest BCUT2D eigenvalue weighted by Gasteiger charge is -2.14. The van der Waals surface area contributed by atoms with Gasteiger partial charge in [-0.2, -0.15) is 0 Å². The van der Waals surface area contributed by atoms with Crippen LogP contribution in [0.15, 0.2) is 70.1 Å². The lowest BCUT2D eigenvalue weighted by atomic mass is 10.2. The lowest BCUT2D eigenvalue weighted by Crippen LogP contribution is -2.06. The molecule has 0 saturated heterocycles. The van der Waals surface area contributed by atoms with E-state index in [0.717, 1.165) is 5.39 Å². The topological polar surface area (TPSA) is 100 Å². The van der Waals surface area contributed by atoms with Crippen LogP contribution in [-0.2, 0) is 0 Å². The van der Waals surface area contributed by atoms with Crippen molar-refractivity contribution in [1.82, 2.24) is 10.2 Å². The Bertz CT molecular complexity index is 1660. The Morgan fingerprint density at radius 1 is 0.923 bits per heavy atom. The zero-order valence-electron chi connectivity index (χ0n) is 21.6. The smallest absolute Gasteiger partial charge is 0.230 e. The largest absolute Gasteiger partial charge is 0.493 e. The zero-order chi connectivity index (χ0) is 27.4. The second kappa shape index (κ2) is 11.4. The van der Waals surface area contributed by atoms with Crippen molar-refractivity contribution in [3.63, 3.8) is 0 Å². The number of benzene rings is 3. The number of halogens is 1. The first kappa shape index (κ1) is 26.0. The molecule has 0 amide bonds. The van der Waals surface area contributed by atoms with Gasteiger partial charge in [0.25, 0.3) is 0 Å². The first-order chi connectivity index (χ1) is 19.0. The van der Waals surface area contributed by atoms with Crippen molar-refractivity contribution in [2.45, 2.75) is 6.92 Å². The van der Waals surface area contributed by atoms with E-state index in [4.69, 9.17) is 23.4 Å². The van der Waals surface area contributed by atoms with Gasteiger partial charge in [0.15, 0.2) is 27.8 Å². The van der Waals surface area contributed by atoms with Gasteiger partial charge in [-0.3, -0.25) is 0 Å². The first-order valence-corrected chi connectivity index (χ1v) is 12.8. The van der Waals surface area contributed by atoms with Crippen LogP contribution in [0.1, 0.15) is 6.92 Å². The van der Waals surface area contributed by atoms with Gasteiger partial charge in [0.1, 0.15) is 5.82 Å². The van der Waals surface area contributed by atoms with Crippen molar-refractivity contribution >= 4 is 38.8 Å². The van der Waals surface area contributed by atoms with Crippen LogP contribution in [0.3, 0.4) is 0 Å².